The zero-order valence-corrected chi connectivity index (χ0v) is 18.3. The molecule has 0 bridgehead atoms. The van der Waals surface area contributed by atoms with Crippen LogP contribution in [0, 0.1) is 11.8 Å². The average Bonchev–Trinajstić information content (AvgIpc) is 2.74. The second kappa shape index (κ2) is 12.8. The van der Waals surface area contributed by atoms with Gasteiger partial charge in [0.2, 0.25) is 0 Å². The standard InChI is InChI=1S/C22H34F3N3O3/c1-3-26-21(28(2)11-8-17-9-12-30-13-10-17)27-15-19(16-29)14-18-4-6-20(7-5-18)31-22(23,24)25/h4-7,17,19,29H,3,8-16H2,1-2H3,(H,26,27). The lowest BCUT2D eigenvalue weighted by atomic mass is 9.96. The number of aliphatic hydroxyl groups is 1. The van der Waals surface area contributed by atoms with Gasteiger partial charge < -0.3 is 24.8 Å². The molecule has 1 saturated heterocycles. The molecule has 1 aromatic rings. The smallest absolute Gasteiger partial charge is 0.406 e. The van der Waals surface area contributed by atoms with E-state index in [4.69, 9.17) is 4.74 Å². The Morgan fingerprint density at radius 2 is 1.97 bits per heavy atom. The first-order chi connectivity index (χ1) is 14.8. The van der Waals surface area contributed by atoms with E-state index < -0.39 is 6.36 Å². The maximum Gasteiger partial charge on any atom is 0.573 e. The third-order valence-electron chi connectivity index (χ3n) is 5.35. The number of nitrogens with zero attached hydrogens (tertiary/aromatic N) is 2. The van der Waals surface area contributed by atoms with Crippen molar-refractivity contribution < 1.29 is 27.8 Å². The second-order valence-electron chi connectivity index (χ2n) is 7.91. The van der Waals surface area contributed by atoms with Gasteiger partial charge in [0.1, 0.15) is 5.75 Å². The Balaban J connectivity index is 1.89. The molecule has 0 saturated carbocycles. The maximum atomic E-state index is 12.3. The Morgan fingerprint density at radius 3 is 2.55 bits per heavy atom. The lowest BCUT2D eigenvalue weighted by Crippen LogP contribution is -2.40. The Labute approximate surface area is 182 Å². The maximum absolute atomic E-state index is 12.3. The highest BCUT2D eigenvalue weighted by atomic mass is 19.4. The summed E-state index contributed by atoms with van der Waals surface area (Å²) in [6, 6.07) is 5.74. The third kappa shape index (κ3) is 9.78. The predicted octanol–water partition coefficient (Wildman–Crippen LogP) is 3.45. The highest BCUT2D eigenvalue weighted by Gasteiger charge is 2.31. The van der Waals surface area contributed by atoms with Crippen LogP contribution in [-0.4, -0.2) is 68.8 Å². The van der Waals surface area contributed by atoms with Gasteiger partial charge in [-0.25, -0.2) is 0 Å². The molecule has 1 aliphatic heterocycles. The van der Waals surface area contributed by atoms with Crippen LogP contribution in [0.1, 0.15) is 31.7 Å². The van der Waals surface area contributed by atoms with Crippen LogP contribution in [0.5, 0.6) is 5.75 Å². The van der Waals surface area contributed by atoms with Gasteiger partial charge in [-0.15, -0.1) is 13.2 Å². The van der Waals surface area contributed by atoms with Crippen molar-refractivity contribution >= 4 is 5.96 Å². The fourth-order valence-corrected chi connectivity index (χ4v) is 3.55. The van der Waals surface area contributed by atoms with E-state index in [9.17, 15) is 18.3 Å². The number of halogens is 3. The summed E-state index contributed by atoms with van der Waals surface area (Å²) in [5, 5.41) is 13.1. The summed E-state index contributed by atoms with van der Waals surface area (Å²) in [4.78, 5) is 6.79. The van der Waals surface area contributed by atoms with Crippen LogP contribution in [0.2, 0.25) is 0 Å². The fourth-order valence-electron chi connectivity index (χ4n) is 3.55. The molecule has 0 aromatic heterocycles. The highest BCUT2D eigenvalue weighted by molar-refractivity contribution is 5.79. The normalized spacial score (nSPS) is 16.8. The number of ether oxygens (including phenoxy) is 2. The average molecular weight is 446 g/mol. The van der Waals surface area contributed by atoms with E-state index in [0.717, 1.165) is 57.1 Å². The van der Waals surface area contributed by atoms with Gasteiger partial charge in [0.05, 0.1) is 0 Å². The summed E-state index contributed by atoms with van der Waals surface area (Å²) in [6.07, 6.45) is -0.914. The molecule has 176 valence electrons. The van der Waals surface area contributed by atoms with E-state index in [1.54, 1.807) is 12.1 Å². The molecule has 0 amide bonds. The molecule has 1 fully saturated rings. The molecule has 1 aromatic carbocycles. The van der Waals surface area contributed by atoms with Crippen molar-refractivity contribution in [1.82, 2.24) is 10.2 Å². The van der Waals surface area contributed by atoms with Gasteiger partial charge in [-0.05, 0) is 56.2 Å². The molecule has 0 spiro atoms. The zero-order valence-electron chi connectivity index (χ0n) is 18.3. The molecule has 1 heterocycles. The minimum Gasteiger partial charge on any atom is -0.406 e. The number of benzene rings is 1. The molecule has 2 rings (SSSR count). The van der Waals surface area contributed by atoms with Gasteiger partial charge >= 0.3 is 6.36 Å². The van der Waals surface area contributed by atoms with E-state index in [1.807, 2.05) is 14.0 Å². The molecule has 1 unspecified atom stereocenters. The molecule has 2 N–H and O–H groups in total. The van der Waals surface area contributed by atoms with E-state index in [2.05, 4.69) is 19.9 Å². The zero-order chi connectivity index (χ0) is 22.7. The number of guanidine groups is 1. The highest BCUT2D eigenvalue weighted by Crippen LogP contribution is 2.23. The quantitative estimate of drug-likeness (QED) is 0.427. The predicted molar refractivity (Wildman–Crippen MR) is 114 cm³/mol. The first-order valence-corrected chi connectivity index (χ1v) is 10.8. The Morgan fingerprint density at radius 1 is 1.29 bits per heavy atom. The summed E-state index contributed by atoms with van der Waals surface area (Å²) in [5.74, 6) is 1.08. The van der Waals surface area contributed by atoms with Crippen LogP contribution in [0.3, 0.4) is 0 Å². The summed E-state index contributed by atoms with van der Waals surface area (Å²) in [5.41, 5.74) is 0.821. The molecule has 1 aliphatic rings. The third-order valence-corrected chi connectivity index (χ3v) is 5.35. The van der Waals surface area contributed by atoms with E-state index >= 15 is 0 Å². The van der Waals surface area contributed by atoms with Gasteiger partial charge in [-0.2, -0.15) is 0 Å². The van der Waals surface area contributed by atoms with Crippen LogP contribution in [0.15, 0.2) is 29.3 Å². The Hall–Kier alpha value is -2.00. The van der Waals surface area contributed by atoms with Crippen molar-refractivity contribution in [2.45, 2.75) is 39.0 Å². The molecule has 9 heteroatoms. The van der Waals surface area contributed by atoms with Crippen LogP contribution in [0.25, 0.3) is 0 Å². The van der Waals surface area contributed by atoms with Crippen molar-refractivity contribution in [1.29, 1.82) is 0 Å². The van der Waals surface area contributed by atoms with Gasteiger partial charge in [0, 0.05) is 52.4 Å². The molecule has 0 radical (unpaired) electrons. The van der Waals surface area contributed by atoms with Crippen molar-refractivity contribution in [3.63, 3.8) is 0 Å². The minimum absolute atomic E-state index is 0.0600. The Bertz CT molecular complexity index is 662. The van der Waals surface area contributed by atoms with E-state index in [-0.39, 0.29) is 18.3 Å². The molecule has 6 nitrogen and oxygen atoms in total. The topological polar surface area (TPSA) is 66.3 Å². The van der Waals surface area contributed by atoms with Crippen LogP contribution in [0.4, 0.5) is 13.2 Å². The summed E-state index contributed by atoms with van der Waals surface area (Å²) < 4.78 is 46.2. The number of alkyl halides is 3. The largest absolute Gasteiger partial charge is 0.573 e. The number of aliphatic hydroxyl groups excluding tert-OH is 1. The fraction of sp³-hybridized carbons (Fsp3) is 0.682. The lowest BCUT2D eigenvalue weighted by molar-refractivity contribution is -0.274. The second-order valence-corrected chi connectivity index (χ2v) is 7.91. The van der Waals surface area contributed by atoms with Gasteiger partial charge in [-0.3, -0.25) is 4.99 Å². The van der Waals surface area contributed by atoms with Crippen molar-refractivity contribution in [2.24, 2.45) is 16.8 Å². The molecule has 31 heavy (non-hydrogen) atoms. The molecular formula is C22H34F3N3O3. The van der Waals surface area contributed by atoms with Gasteiger partial charge in [0.25, 0.3) is 0 Å². The van der Waals surface area contributed by atoms with Crippen LogP contribution >= 0.6 is 0 Å². The van der Waals surface area contributed by atoms with Crippen molar-refractivity contribution in [3.05, 3.63) is 29.8 Å². The number of hydrogen-bond donors (Lipinski definition) is 2. The van der Waals surface area contributed by atoms with Gasteiger partial charge in [-0.1, -0.05) is 12.1 Å². The summed E-state index contributed by atoms with van der Waals surface area (Å²) in [7, 11) is 2.01. The van der Waals surface area contributed by atoms with E-state index in [1.165, 1.54) is 12.1 Å². The minimum atomic E-state index is -4.71. The first-order valence-electron chi connectivity index (χ1n) is 10.8. The molecule has 0 aliphatic carbocycles. The first kappa shape index (κ1) is 25.3. The SMILES string of the molecule is CCNC(=NCC(CO)Cc1ccc(OC(F)(F)F)cc1)N(C)CCC1CCOCC1. The Kier molecular flexibility index (Phi) is 10.4. The van der Waals surface area contributed by atoms with E-state index in [0.29, 0.717) is 18.9 Å². The number of hydrogen-bond acceptors (Lipinski definition) is 4. The molecular weight excluding hydrogens is 411 g/mol. The molecule has 1 atom stereocenters. The van der Waals surface area contributed by atoms with Crippen LogP contribution < -0.4 is 10.1 Å². The lowest BCUT2D eigenvalue weighted by Gasteiger charge is -2.27. The van der Waals surface area contributed by atoms with Crippen molar-refractivity contribution in [3.8, 4) is 5.75 Å². The monoisotopic (exact) mass is 445 g/mol. The van der Waals surface area contributed by atoms with Crippen LogP contribution in [-0.2, 0) is 11.2 Å². The number of rotatable bonds is 10. The number of aliphatic imine (C=N–C) groups is 1. The van der Waals surface area contributed by atoms with Crippen molar-refractivity contribution in [2.75, 3.05) is 46.5 Å². The van der Waals surface area contributed by atoms with Gasteiger partial charge in [0.15, 0.2) is 5.96 Å². The summed E-state index contributed by atoms with van der Waals surface area (Å²) in [6.45, 7) is 5.67. The summed E-state index contributed by atoms with van der Waals surface area (Å²) >= 11 is 0. The number of nitrogens with one attached hydrogen (secondary N) is 1.